The van der Waals surface area contributed by atoms with Crippen LogP contribution in [0.2, 0.25) is 0 Å². The van der Waals surface area contributed by atoms with Crippen molar-refractivity contribution in [2.75, 3.05) is 13.6 Å². The molecule has 276 valence electrons. The van der Waals surface area contributed by atoms with Crippen molar-refractivity contribution in [3.63, 3.8) is 0 Å². The molecule has 0 bridgehead atoms. The number of sulfone groups is 1. The molecule has 0 aliphatic carbocycles. The summed E-state index contributed by atoms with van der Waals surface area (Å²) in [5, 5.41) is 0. The van der Waals surface area contributed by atoms with E-state index in [2.05, 4.69) is 22.6 Å². The monoisotopic (exact) mass is 750 g/mol. The summed E-state index contributed by atoms with van der Waals surface area (Å²) in [5.41, 5.74) is 0.437. The molecule has 0 atom stereocenters. The lowest BCUT2D eigenvalue weighted by molar-refractivity contribution is -0.145. The summed E-state index contributed by atoms with van der Waals surface area (Å²) in [5.74, 6) is -3.65. The Labute approximate surface area is 303 Å². The first-order chi connectivity index (χ1) is 25.4. The molecule has 0 spiro atoms. The summed E-state index contributed by atoms with van der Waals surface area (Å²) in [6.07, 6.45) is 1.58. The first-order valence-corrected chi connectivity index (χ1v) is 17.1. The maximum Gasteiger partial charge on any atom is 0.333 e. The first-order valence-electron chi connectivity index (χ1n) is 15.7. The van der Waals surface area contributed by atoms with E-state index >= 15 is 0 Å². The molecule has 53 heavy (non-hydrogen) atoms. The molecule has 15 heteroatoms. The Balaban J connectivity index is 1.23. The van der Waals surface area contributed by atoms with Gasteiger partial charge in [0.15, 0.2) is 0 Å². The number of carbonyl (C=O) groups excluding carboxylic acids is 4. The molecule has 0 aliphatic heterocycles. The topological polar surface area (TPSA) is 158 Å². The molecule has 4 aromatic carbocycles. The molecule has 0 heterocycles. The normalized spacial score (nSPS) is 10.8. The minimum Gasteiger partial charge on any atom is -0.457 e. The van der Waals surface area contributed by atoms with Crippen LogP contribution >= 0.6 is 0 Å². The van der Waals surface area contributed by atoms with Crippen LogP contribution in [0.15, 0.2) is 120 Å². The number of hydrogen-bond acceptors (Lipinski definition) is 12. The van der Waals surface area contributed by atoms with Crippen LogP contribution in [-0.2, 0) is 51.3 Å². The Kier molecular flexibility index (Phi) is 14.0. The van der Waals surface area contributed by atoms with Crippen molar-refractivity contribution in [1.29, 1.82) is 0 Å². The fourth-order valence-corrected chi connectivity index (χ4v) is 5.68. The van der Waals surface area contributed by atoms with Gasteiger partial charge in [0, 0.05) is 24.3 Å². The molecule has 0 aromatic heterocycles. The number of rotatable bonds is 18. The van der Waals surface area contributed by atoms with Crippen molar-refractivity contribution in [2.24, 2.45) is 0 Å². The Morgan fingerprint density at radius 2 is 0.925 bits per heavy atom. The fraction of sp³-hybridized carbons (Fsp3) is 0.158. The average Bonchev–Trinajstić information content (AvgIpc) is 3.14. The van der Waals surface area contributed by atoms with Gasteiger partial charge in [-0.1, -0.05) is 25.3 Å². The van der Waals surface area contributed by atoms with Gasteiger partial charge in [0.1, 0.15) is 34.6 Å². The van der Waals surface area contributed by atoms with Gasteiger partial charge in [-0.3, -0.25) is 9.59 Å². The standard InChI is InChI=1S/C38H32F2O12S/c1-3-35(41)49-23-47-29-9-5-25(33(39)21-29)7-19-37(43)51-27-11-15-31(16-12-27)53(45,46)32-17-13-28(14-18-32)52-38(44)20-8-26-6-10-30(22-34(26)40)48-24-50-36(42)4-2/h3-6,9-18,21-22H,1-2,7-8,19-20,23-24H2. The van der Waals surface area contributed by atoms with Crippen LogP contribution in [0.4, 0.5) is 8.78 Å². The van der Waals surface area contributed by atoms with E-state index in [1.807, 2.05) is 0 Å². The van der Waals surface area contributed by atoms with E-state index < -0.39 is 58.9 Å². The molecule has 12 nitrogen and oxygen atoms in total. The second kappa shape index (κ2) is 18.8. The van der Waals surface area contributed by atoms with Gasteiger partial charge in [-0.2, -0.15) is 0 Å². The zero-order valence-corrected chi connectivity index (χ0v) is 28.8. The SMILES string of the molecule is C=CC(=O)OCOc1ccc(CCC(=O)Oc2ccc(S(=O)(=O)c3ccc(OC(=O)CCc4ccc(OCOC(=O)C=C)cc4F)cc3)cc2)c(F)c1. The lowest BCUT2D eigenvalue weighted by Gasteiger charge is -2.10. The van der Waals surface area contributed by atoms with E-state index in [0.717, 1.165) is 24.3 Å². The van der Waals surface area contributed by atoms with Crippen molar-refractivity contribution >= 4 is 33.7 Å². The summed E-state index contributed by atoms with van der Waals surface area (Å²) in [4.78, 5) is 46.7. The van der Waals surface area contributed by atoms with Crippen LogP contribution in [0.1, 0.15) is 24.0 Å². The third-order valence-electron chi connectivity index (χ3n) is 7.16. The molecule has 0 N–H and O–H groups in total. The van der Waals surface area contributed by atoms with Gasteiger partial charge in [-0.25, -0.2) is 26.8 Å². The number of carbonyl (C=O) groups is 4. The van der Waals surface area contributed by atoms with E-state index in [0.29, 0.717) is 0 Å². The van der Waals surface area contributed by atoms with Gasteiger partial charge in [-0.05, 0) is 84.6 Å². The minimum atomic E-state index is -4.00. The maximum atomic E-state index is 14.5. The van der Waals surface area contributed by atoms with Crippen LogP contribution in [0.5, 0.6) is 23.0 Å². The Morgan fingerprint density at radius 3 is 1.26 bits per heavy atom. The molecule has 4 aromatic rings. The van der Waals surface area contributed by atoms with Gasteiger partial charge >= 0.3 is 23.9 Å². The average molecular weight is 751 g/mol. The molecule has 0 radical (unpaired) electrons. The number of esters is 4. The highest BCUT2D eigenvalue weighted by Gasteiger charge is 2.19. The summed E-state index contributed by atoms with van der Waals surface area (Å²) in [7, 11) is -4.00. The zero-order valence-electron chi connectivity index (χ0n) is 28.0. The van der Waals surface area contributed by atoms with Gasteiger partial charge in [-0.15, -0.1) is 0 Å². The van der Waals surface area contributed by atoms with E-state index in [1.165, 1.54) is 72.8 Å². The zero-order chi connectivity index (χ0) is 38.4. The van der Waals surface area contributed by atoms with Crippen molar-refractivity contribution in [1.82, 2.24) is 0 Å². The molecule has 0 saturated carbocycles. The maximum absolute atomic E-state index is 14.5. The Hall–Kier alpha value is -6.35. The molecular weight excluding hydrogens is 718 g/mol. The van der Waals surface area contributed by atoms with Crippen molar-refractivity contribution < 1.29 is 64.8 Å². The first kappa shape index (κ1) is 39.4. The van der Waals surface area contributed by atoms with Crippen molar-refractivity contribution in [3.8, 4) is 23.0 Å². The molecule has 0 unspecified atom stereocenters. The predicted molar refractivity (Wildman–Crippen MR) is 183 cm³/mol. The highest BCUT2D eigenvalue weighted by molar-refractivity contribution is 7.91. The van der Waals surface area contributed by atoms with E-state index in [-0.39, 0.29) is 69.6 Å². The number of ether oxygens (including phenoxy) is 6. The fourth-order valence-electron chi connectivity index (χ4n) is 4.42. The Bertz CT molecular complexity index is 1940. The molecule has 0 saturated heterocycles. The lowest BCUT2D eigenvalue weighted by Crippen LogP contribution is -2.10. The van der Waals surface area contributed by atoms with Crippen LogP contribution in [0.25, 0.3) is 0 Å². The summed E-state index contributed by atoms with van der Waals surface area (Å²) in [6.45, 7) is 5.64. The van der Waals surface area contributed by atoms with Crippen LogP contribution in [0, 0.1) is 11.6 Å². The van der Waals surface area contributed by atoms with Crippen LogP contribution < -0.4 is 18.9 Å². The third-order valence-corrected chi connectivity index (χ3v) is 8.95. The second-order valence-electron chi connectivity index (χ2n) is 10.8. The molecule has 0 aliphatic rings. The number of benzene rings is 4. The largest absolute Gasteiger partial charge is 0.457 e. The van der Waals surface area contributed by atoms with Crippen molar-refractivity contribution in [3.05, 3.63) is 133 Å². The van der Waals surface area contributed by atoms with Crippen LogP contribution in [0.3, 0.4) is 0 Å². The van der Waals surface area contributed by atoms with E-state index in [1.54, 1.807) is 0 Å². The predicted octanol–water partition coefficient (Wildman–Crippen LogP) is 6.01. The number of aryl methyl sites for hydroxylation is 2. The highest BCUT2D eigenvalue weighted by Crippen LogP contribution is 2.26. The lowest BCUT2D eigenvalue weighted by atomic mass is 10.1. The van der Waals surface area contributed by atoms with Gasteiger partial charge in [0.2, 0.25) is 23.4 Å². The van der Waals surface area contributed by atoms with Crippen LogP contribution in [-0.4, -0.2) is 45.9 Å². The van der Waals surface area contributed by atoms with Gasteiger partial charge < -0.3 is 28.4 Å². The van der Waals surface area contributed by atoms with Gasteiger partial charge in [0.25, 0.3) is 0 Å². The van der Waals surface area contributed by atoms with Gasteiger partial charge in [0.05, 0.1) is 22.6 Å². The number of hydrogen-bond donors (Lipinski definition) is 0. The molecule has 4 rings (SSSR count). The van der Waals surface area contributed by atoms with Crippen molar-refractivity contribution in [2.45, 2.75) is 35.5 Å². The summed E-state index contributed by atoms with van der Waals surface area (Å²) in [6, 6.07) is 18.1. The van der Waals surface area contributed by atoms with E-state index in [9.17, 15) is 36.4 Å². The summed E-state index contributed by atoms with van der Waals surface area (Å²) >= 11 is 0. The molecule has 0 fully saturated rings. The highest BCUT2D eigenvalue weighted by atomic mass is 32.2. The second-order valence-corrected chi connectivity index (χ2v) is 12.7. The quantitative estimate of drug-likeness (QED) is 0.0506. The minimum absolute atomic E-state index is 0.00947. The molecule has 0 amide bonds. The smallest absolute Gasteiger partial charge is 0.333 e. The Morgan fingerprint density at radius 1 is 0.566 bits per heavy atom. The van der Waals surface area contributed by atoms with E-state index in [4.69, 9.17) is 18.9 Å². The number of halogens is 2. The third kappa shape index (κ3) is 11.9. The molecular formula is C38H32F2O12S. The summed E-state index contributed by atoms with van der Waals surface area (Å²) < 4.78 is 85.4.